The number of thiazole rings is 1. The van der Waals surface area contributed by atoms with E-state index in [2.05, 4.69) is 36.9 Å². The average molecular weight is 612 g/mol. The largest absolute Gasteiger partial charge is 0.459 e. The van der Waals surface area contributed by atoms with Gasteiger partial charge in [-0.05, 0) is 82.6 Å². The second-order valence-electron chi connectivity index (χ2n) is 7.58. The Morgan fingerprint density at radius 1 is 1.30 bits per heavy atom. The predicted molar refractivity (Wildman–Crippen MR) is 137 cm³/mol. The van der Waals surface area contributed by atoms with Crippen LogP contribution in [0.5, 0.6) is 0 Å². The van der Waals surface area contributed by atoms with Crippen LogP contribution in [0.4, 0.5) is 0 Å². The fourth-order valence-electron chi connectivity index (χ4n) is 3.53. The molecule has 1 aromatic carbocycles. The SMILES string of the molecule is CSc1ccc([C@H]2C(C(=O)OC(C)C)=C(C)N=c3s/c(=C/c4cc(Br)c(Br)o4)c(=O)n32)cc1. The number of thioether (sulfide) groups is 1. The Balaban J connectivity index is 1.93. The van der Waals surface area contributed by atoms with E-state index in [-0.39, 0.29) is 11.7 Å². The summed E-state index contributed by atoms with van der Waals surface area (Å²) in [5, 5.41) is 0. The third-order valence-electron chi connectivity index (χ3n) is 4.95. The van der Waals surface area contributed by atoms with Gasteiger partial charge in [0, 0.05) is 11.0 Å². The summed E-state index contributed by atoms with van der Waals surface area (Å²) < 4.78 is 14.5. The van der Waals surface area contributed by atoms with Gasteiger partial charge >= 0.3 is 5.97 Å². The quantitative estimate of drug-likeness (QED) is 0.299. The van der Waals surface area contributed by atoms with Crippen molar-refractivity contribution in [2.45, 2.75) is 37.8 Å². The number of halogens is 2. The van der Waals surface area contributed by atoms with Gasteiger partial charge in [-0.25, -0.2) is 9.79 Å². The summed E-state index contributed by atoms with van der Waals surface area (Å²) in [4.78, 5) is 32.9. The molecule has 6 nitrogen and oxygen atoms in total. The Hall–Kier alpha value is -1.88. The summed E-state index contributed by atoms with van der Waals surface area (Å²) in [5.74, 6) is 0.0495. The lowest BCUT2D eigenvalue weighted by atomic mass is 9.96. The summed E-state index contributed by atoms with van der Waals surface area (Å²) in [6.45, 7) is 5.37. The van der Waals surface area contributed by atoms with Gasteiger partial charge in [0.05, 0.1) is 32.4 Å². The van der Waals surface area contributed by atoms with E-state index >= 15 is 0 Å². The van der Waals surface area contributed by atoms with Crippen molar-refractivity contribution in [1.29, 1.82) is 0 Å². The van der Waals surface area contributed by atoms with E-state index in [0.29, 0.717) is 31.0 Å². The molecule has 3 aromatic rings. The van der Waals surface area contributed by atoms with E-state index in [9.17, 15) is 9.59 Å². The Labute approximate surface area is 215 Å². The molecule has 0 saturated heterocycles. The van der Waals surface area contributed by atoms with Gasteiger partial charge in [-0.3, -0.25) is 9.36 Å². The highest BCUT2D eigenvalue weighted by atomic mass is 79.9. The van der Waals surface area contributed by atoms with Crippen LogP contribution in [0.3, 0.4) is 0 Å². The number of rotatable bonds is 5. The Kier molecular flexibility index (Phi) is 7.18. The molecule has 1 aliphatic heterocycles. The summed E-state index contributed by atoms with van der Waals surface area (Å²) in [6.07, 6.45) is 3.38. The van der Waals surface area contributed by atoms with Gasteiger partial charge in [0.15, 0.2) is 9.47 Å². The number of carbonyl (C=O) groups excluding carboxylic acids is 1. The van der Waals surface area contributed by atoms with Crippen LogP contribution in [0, 0.1) is 0 Å². The van der Waals surface area contributed by atoms with Crippen LogP contribution >= 0.6 is 55.0 Å². The number of hydrogen-bond donors (Lipinski definition) is 0. The zero-order valence-corrected chi connectivity index (χ0v) is 23.0. The molecule has 3 heterocycles. The maximum absolute atomic E-state index is 13.6. The van der Waals surface area contributed by atoms with Crippen LogP contribution in [0.1, 0.15) is 38.1 Å². The molecule has 0 radical (unpaired) electrons. The normalized spacial score (nSPS) is 16.2. The van der Waals surface area contributed by atoms with Gasteiger partial charge in [-0.1, -0.05) is 23.5 Å². The molecule has 2 aromatic heterocycles. The molecule has 33 heavy (non-hydrogen) atoms. The van der Waals surface area contributed by atoms with E-state index in [1.807, 2.05) is 30.5 Å². The first kappa shape index (κ1) is 24.3. The summed E-state index contributed by atoms with van der Waals surface area (Å²) in [7, 11) is 0. The fourth-order valence-corrected chi connectivity index (χ4v) is 5.57. The van der Waals surface area contributed by atoms with Crippen molar-refractivity contribution in [3.63, 3.8) is 0 Å². The molecule has 0 aliphatic carbocycles. The van der Waals surface area contributed by atoms with Crippen LogP contribution in [-0.2, 0) is 9.53 Å². The average Bonchev–Trinajstić information content (AvgIpc) is 3.24. The van der Waals surface area contributed by atoms with Crippen LogP contribution in [0.2, 0.25) is 0 Å². The first-order valence-corrected chi connectivity index (χ1v) is 13.6. The molecule has 0 spiro atoms. The summed E-state index contributed by atoms with van der Waals surface area (Å²) >= 11 is 9.59. The molecule has 0 unspecified atom stereocenters. The summed E-state index contributed by atoms with van der Waals surface area (Å²) in [5.41, 5.74) is 1.47. The number of ether oxygens (including phenoxy) is 1. The Morgan fingerprint density at radius 2 is 2.00 bits per heavy atom. The minimum Gasteiger partial charge on any atom is -0.459 e. The molecule has 0 amide bonds. The smallest absolute Gasteiger partial charge is 0.338 e. The Morgan fingerprint density at radius 3 is 2.58 bits per heavy atom. The second-order valence-corrected chi connectivity index (χ2v) is 11.0. The zero-order chi connectivity index (χ0) is 23.9. The first-order valence-electron chi connectivity index (χ1n) is 10.0. The van der Waals surface area contributed by atoms with Crippen LogP contribution in [0.15, 0.2) is 69.8 Å². The van der Waals surface area contributed by atoms with Gasteiger partial charge in [-0.2, -0.15) is 0 Å². The van der Waals surface area contributed by atoms with Gasteiger partial charge in [0.1, 0.15) is 5.76 Å². The molecule has 0 N–H and O–H groups in total. The lowest BCUT2D eigenvalue weighted by Gasteiger charge is -2.25. The van der Waals surface area contributed by atoms with Crippen LogP contribution in [0.25, 0.3) is 6.08 Å². The number of benzene rings is 1. The van der Waals surface area contributed by atoms with E-state index < -0.39 is 12.0 Å². The summed E-state index contributed by atoms with van der Waals surface area (Å²) in [6, 6.07) is 8.98. The highest BCUT2D eigenvalue weighted by Gasteiger charge is 2.33. The van der Waals surface area contributed by atoms with E-state index in [0.717, 1.165) is 14.9 Å². The number of nitrogens with zero attached hydrogens (tertiary/aromatic N) is 2. The van der Waals surface area contributed by atoms with Crippen LogP contribution in [-0.4, -0.2) is 22.9 Å². The number of fused-ring (bicyclic) bond motifs is 1. The highest BCUT2D eigenvalue weighted by Crippen LogP contribution is 2.32. The van der Waals surface area contributed by atoms with E-state index in [1.165, 1.54) is 11.3 Å². The van der Waals surface area contributed by atoms with Crippen LogP contribution < -0.4 is 14.9 Å². The minimum absolute atomic E-state index is 0.247. The minimum atomic E-state index is -0.638. The molecule has 1 aliphatic rings. The number of esters is 1. The van der Waals surface area contributed by atoms with Crippen molar-refractivity contribution in [2.75, 3.05) is 6.26 Å². The topological polar surface area (TPSA) is 73.8 Å². The molecule has 0 saturated carbocycles. The third kappa shape index (κ3) is 4.84. The number of furan rings is 1. The number of carbonyl (C=O) groups is 1. The number of allylic oxidation sites excluding steroid dienone is 1. The molecular formula is C23H20Br2N2O4S2. The fraction of sp³-hybridized carbons (Fsp3) is 0.261. The van der Waals surface area contributed by atoms with Crippen molar-refractivity contribution in [3.05, 3.63) is 81.8 Å². The van der Waals surface area contributed by atoms with Crippen molar-refractivity contribution in [1.82, 2.24) is 4.57 Å². The zero-order valence-electron chi connectivity index (χ0n) is 18.2. The van der Waals surface area contributed by atoms with Gasteiger partial charge in [0.25, 0.3) is 5.56 Å². The van der Waals surface area contributed by atoms with E-state index in [4.69, 9.17) is 9.15 Å². The highest BCUT2D eigenvalue weighted by molar-refractivity contribution is 9.13. The van der Waals surface area contributed by atoms with Crippen molar-refractivity contribution in [2.24, 2.45) is 4.99 Å². The van der Waals surface area contributed by atoms with Crippen molar-refractivity contribution >= 4 is 67.0 Å². The Bertz CT molecular complexity index is 1410. The standard InChI is InChI=1S/C23H20Br2N2O4S2/c1-11(2)30-22(29)18-12(3)26-23-27(19(18)13-5-7-15(32-4)8-6-13)21(28)17(33-23)10-14-9-16(24)20(25)31-14/h5-11,19H,1-4H3/b17-10+/t19-/m0/s1. The number of hydrogen-bond acceptors (Lipinski definition) is 7. The predicted octanol–water partition coefficient (Wildman–Crippen LogP) is 5.03. The second kappa shape index (κ2) is 9.77. The molecule has 10 heteroatoms. The lowest BCUT2D eigenvalue weighted by Crippen LogP contribution is -2.40. The maximum atomic E-state index is 13.6. The van der Waals surface area contributed by atoms with Gasteiger partial charge in [0.2, 0.25) is 0 Å². The molecule has 172 valence electrons. The molecular weight excluding hydrogens is 592 g/mol. The van der Waals surface area contributed by atoms with Gasteiger partial charge in [-0.15, -0.1) is 11.8 Å². The maximum Gasteiger partial charge on any atom is 0.338 e. The molecule has 0 fully saturated rings. The first-order chi connectivity index (χ1) is 15.7. The monoisotopic (exact) mass is 610 g/mol. The molecule has 1 atom stereocenters. The lowest BCUT2D eigenvalue weighted by molar-refractivity contribution is -0.143. The van der Waals surface area contributed by atoms with Gasteiger partial charge < -0.3 is 9.15 Å². The van der Waals surface area contributed by atoms with Crippen molar-refractivity contribution in [3.8, 4) is 0 Å². The molecule has 4 rings (SSSR count). The van der Waals surface area contributed by atoms with Crippen molar-refractivity contribution < 1.29 is 13.9 Å². The van der Waals surface area contributed by atoms with E-state index in [1.54, 1.807) is 49.2 Å². The third-order valence-corrected chi connectivity index (χ3v) is 8.39. The number of aromatic nitrogens is 1. The molecule has 0 bridgehead atoms.